The molecule has 100 valence electrons. The summed E-state index contributed by atoms with van der Waals surface area (Å²) in [5.74, 6) is -0.172. The zero-order chi connectivity index (χ0) is 13.2. The van der Waals surface area contributed by atoms with Crippen molar-refractivity contribution in [2.24, 2.45) is 5.14 Å². The number of likely N-dealkylation sites (tertiary alicyclic amines) is 1. The van der Waals surface area contributed by atoms with Crippen molar-refractivity contribution >= 4 is 15.9 Å². The minimum atomic E-state index is -3.58. The van der Waals surface area contributed by atoms with E-state index in [1.807, 2.05) is 0 Å². The van der Waals surface area contributed by atoms with E-state index in [-0.39, 0.29) is 19.0 Å². The van der Waals surface area contributed by atoms with Gasteiger partial charge in [0.15, 0.2) is 0 Å². The van der Waals surface area contributed by atoms with Crippen molar-refractivity contribution in [3.8, 4) is 0 Å². The van der Waals surface area contributed by atoms with Crippen LogP contribution < -0.4 is 5.14 Å². The van der Waals surface area contributed by atoms with E-state index in [2.05, 4.69) is 10.3 Å². The van der Waals surface area contributed by atoms with Gasteiger partial charge >= 0.3 is 0 Å². The molecule has 1 fully saturated rings. The van der Waals surface area contributed by atoms with Crippen LogP contribution in [-0.2, 0) is 21.4 Å². The van der Waals surface area contributed by atoms with E-state index < -0.39 is 15.3 Å². The van der Waals surface area contributed by atoms with Crippen molar-refractivity contribution in [1.82, 2.24) is 19.9 Å². The fraction of sp³-hybridized carbons (Fsp3) is 0.667. The van der Waals surface area contributed by atoms with E-state index in [0.717, 1.165) is 0 Å². The predicted molar refractivity (Wildman–Crippen MR) is 62.7 cm³/mol. The summed E-state index contributed by atoms with van der Waals surface area (Å²) in [5, 5.41) is 11.8. The second kappa shape index (κ2) is 5.02. The van der Waals surface area contributed by atoms with Gasteiger partial charge < -0.3 is 4.90 Å². The summed E-state index contributed by atoms with van der Waals surface area (Å²) in [7, 11) is -3.58. The summed E-state index contributed by atoms with van der Waals surface area (Å²) < 4.78 is 24.0. The fourth-order valence-corrected chi connectivity index (χ4v) is 2.87. The first-order chi connectivity index (χ1) is 8.47. The quantitative estimate of drug-likeness (QED) is 0.724. The molecule has 0 aliphatic carbocycles. The highest BCUT2D eigenvalue weighted by molar-refractivity contribution is 7.89. The lowest BCUT2D eigenvalue weighted by molar-refractivity contribution is -0.132. The van der Waals surface area contributed by atoms with Crippen LogP contribution >= 0.6 is 0 Å². The Hall–Kier alpha value is -1.48. The van der Waals surface area contributed by atoms with Crippen molar-refractivity contribution in [3.05, 3.63) is 12.4 Å². The van der Waals surface area contributed by atoms with Gasteiger partial charge in [-0.2, -0.15) is 0 Å². The van der Waals surface area contributed by atoms with Crippen LogP contribution in [0.25, 0.3) is 0 Å². The molecule has 0 radical (unpaired) electrons. The maximum atomic E-state index is 11.9. The van der Waals surface area contributed by atoms with Gasteiger partial charge in [-0.3, -0.25) is 4.79 Å². The third kappa shape index (κ3) is 3.05. The molecule has 1 atom stereocenters. The van der Waals surface area contributed by atoms with Gasteiger partial charge in [-0.1, -0.05) is 5.21 Å². The Bertz CT molecular complexity index is 512. The maximum Gasteiger partial charge on any atom is 0.244 e. The summed E-state index contributed by atoms with van der Waals surface area (Å²) in [4.78, 5) is 13.5. The van der Waals surface area contributed by atoms with E-state index in [1.165, 1.54) is 15.8 Å². The first-order valence-electron chi connectivity index (χ1n) is 5.60. The lowest BCUT2D eigenvalue weighted by Crippen LogP contribution is -2.47. The number of hydrogen-bond acceptors (Lipinski definition) is 5. The lowest BCUT2D eigenvalue weighted by atomic mass is 10.1. The summed E-state index contributed by atoms with van der Waals surface area (Å²) >= 11 is 0. The first kappa shape index (κ1) is 13.0. The average Bonchev–Trinajstić information content (AvgIpc) is 2.81. The number of nitrogens with zero attached hydrogens (tertiary/aromatic N) is 4. The molecule has 1 aromatic heterocycles. The molecule has 9 heteroatoms. The van der Waals surface area contributed by atoms with Crippen LogP contribution in [0.5, 0.6) is 0 Å². The minimum Gasteiger partial charge on any atom is -0.340 e. The standard InChI is InChI=1S/C9H15N5O3S/c10-18(16,17)8-2-1-4-13(6-8)9(15)7-14-5-3-11-12-14/h3,5,8H,1-2,4,6-7H2,(H2,10,16,17). The van der Waals surface area contributed by atoms with E-state index in [4.69, 9.17) is 5.14 Å². The summed E-state index contributed by atoms with van der Waals surface area (Å²) in [6, 6.07) is 0. The molecule has 18 heavy (non-hydrogen) atoms. The Balaban J connectivity index is 1.98. The van der Waals surface area contributed by atoms with Crippen molar-refractivity contribution in [2.75, 3.05) is 13.1 Å². The minimum absolute atomic E-state index is 0.0668. The molecule has 1 aliphatic rings. The number of carbonyl (C=O) groups is 1. The number of sulfonamides is 1. The van der Waals surface area contributed by atoms with Gasteiger partial charge in [0.2, 0.25) is 15.9 Å². The van der Waals surface area contributed by atoms with Gasteiger partial charge in [0.05, 0.1) is 11.4 Å². The van der Waals surface area contributed by atoms with Crippen LogP contribution in [0.2, 0.25) is 0 Å². The van der Waals surface area contributed by atoms with E-state index in [0.29, 0.717) is 19.4 Å². The highest BCUT2D eigenvalue weighted by Crippen LogP contribution is 2.15. The molecule has 1 aliphatic heterocycles. The molecule has 1 saturated heterocycles. The van der Waals surface area contributed by atoms with E-state index in [1.54, 1.807) is 6.20 Å². The van der Waals surface area contributed by atoms with Crippen molar-refractivity contribution < 1.29 is 13.2 Å². The van der Waals surface area contributed by atoms with Crippen LogP contribution in [0, 0.1) is 0 Å². The largest absolute Gasteiger partial charge is 0.340 e. The number of nitrogens with two attached hydrogens (primary N) is 1. The molecule has 0 bridgehead atoms. The zero-order valence-corrected chi connectivity index (χ0v) is 10.6. The summed E-state index contributed by atoms with van der Waals surface area (Å²) in [6.07, 6.45) is 4.21. The van der Waals surface area contributed by atoms with Crippen LogP contribution in [-0.4, -0.2) is 52.6 Å². The van der Waals surface area contributed by atoms with Crippen LogP contribution in [0.15, 0.2) is 12.4 Å². The maximum absolute atomic E-state index is 11.9. The Labute approximate surface area is 105 Å². The SMILES string of the molecule is NS(=O)(=O)C1CCCN(C(=O)Cn2ccnn2)C1. The molecular formula is C9H15N5O3S. The third-order valence-electron chi connectivity index (χ3n) is 2.96. The molecule has 1 amide bonds. The third-order valence-corrected chi connectivity index (χ3v) is 4.28. The van der Waals surface area contributed by atoms with E-state index >= 15 is 0 Å². The van der Waals surface area contributed by atoms with Gasteiger partial charge in [-0.15, -0.1) is 5.10 Å². The van der Waals surface area contributed by atoms with Crippen LogP contribution in [0.4, 0.5) is 0 Å². The lowest BCUT2D eigenvalue weighted by Gasteiger charge is -2.31. The molecule has 2 heterocycles. The van der Waals surface area contributed by atoms with Crippen molar-refractivity contribution in [2.45, 2.75) is 24.6 Å². The average molecular weight is 273 g/mol. The fourth-order valence-electron chi connectivity index (χ4n) is 1.99. The Morgan fingerprint density at radius 2 is 2.28 bits per heavy atom. The molecular weight excluding hydrogens is 258 g/mol. The number of primary sulfonamides is 1. The number of amides is 1. The number of aromatic nitrogens is 3. The number of hydrogen-bond donors (Lipinski definition) is 1. The van der Waals surface area contributed by atoms with Gasteiger partial charge in [0.25, 0.3) is 0 Å². The highest BCUT2D eigenvalue weighted by atomic mass is 32.2. The molecule has 0 spiro atoms. The summed E-state index contributed by atoms with van der Waals surface area (Å²) in [5.41, 5.74) is 0. The van der Waals surface area contributed by atoms with Crippen LogP contribution in [0.3, 0.4) is 0 Å². The first-order valence-corrected chi connectivity index (χ1v) is 7.21. The molecule has 0 saturated carbocycles. The van der Waals surface area contributed by atoms with Crippen molar-refractivity contribution in [1.29, 1.82) is 0 Å². The van der Waals surface area contributed by atoms with E-state index in [9.17, 15) is 13.2 Å². The Morgan fingerprint density at radius 1 is 1.50 bits per heavy atom. The topological polar surface area (TPSA) is 111 Å². The molecule has 2 N–H and O–H groups in total. The van der Waals surface area contributed by atoms with Gasteiger partial charge in [0.1, 0.15) is 6.54 Å². The number of carbonyl (C=O) groups excluding carboxylic acids is 1. The Morgan fingerprint density at radius 3 is 2.89 bits per heavy atom. The normalized spacial score (nSPS) is 20.9. The number of piperidine rings is 1. The van der Waals surface area contributed by atoms with Gasteiger partial charge in [0, 0.05) is 19.3 Å². The molecule has 8 nitrogen and oxygen atoms in total. The summed E-state index contributed by atoms with van der Waals surface area (Å²) in [6.45, 7) is 0.781. The van der Waals surface area contributed by atoms with Crippen molar-refractivity contribution in [3.63, 3.8) is 0 Å². The van der Waals surface area contributed by atoms with Gasteiger partial charge in [-0.25, -0.2) is 18.2 Å². The van der Waals surface area contributed by atoms with Gasteiger partial charge in [-0.05, 0) is 12.8 Å². The predicted octanol–water partition coefficient (Wildman–Crippen LogP) is -1.44. The molecule has 2 rings (SSSR count). The second-order valence-corrected chi connectivity index (χ2v) is 6.14. The molecule has 1 unspecified atom stereocenters. The molecule has 1 aromatic rings. The highest BCUT2D eigenvalue weighted by Gasteiger charge is 2.30. The monoisotopic (exact) mass is 273 g/mol. The zero-order valence-electron chi connectivity index (χ0n) is 9.77. The Kier molecular flexibility index (Phi) is 3.62. The van der Waals surface area contributed by atoms with Crippen LogP contribution in [0.1, 0.15) is 12.8 Å². The second-order valence-electron chi connectivity index (χ2n) is 4.29. The molecule has 0 aromatic carbocycles. The number of rotatable bonds is 3. The smallest absolute Gasteiger partial charge is 0.244 e.